The second-order valence-electron chi connectivity index (χ2n) is 6.51. The van der Waals surface area contributed by atoms with Crippen molar-refractivity contribution in [3.05, 3.63) is 42.0 Å². The molecule has 0 amide bonds. The standard InChI is InChI=1S/C18H24N4O3S/c1-4-14-5-7-16(8-6-14)26(23,24)22-12-11-15(13-22)25-18-10-9-17(19-20-18)21(2)3/h5-10,15H,4,11-13H2,1-3H3. The van der Waals surface area contributed by atoms with E-state index in [4.69, 9.17) is 4.74 Å². The zero-order valence-electron chi connectivity index (χ0n) is 15.3. The highest BCUT2D eigenvalue weighted by molar-refractivity contribution is 7.89. The predicted octanol–water partition coefficient (Wildman–Crippen LogP) is 1.95. The van der Waals surface area contributed by atoms with Crippen LogP contribution in [0.4, 0.5) is 5.82 Å². The van der Waals surface area contributed by atoms with Gasteiger partial charge in [0.1, 0.15) is 6.10 Å². The number of aromatic nitrogens is 2. The third-order valence-electron chi connectivity index (χ3n) is 4.45. The van der Waals surface area contributed by atoms with Crippen LogP contribution in [0.2, 0.25) is 0 Å². The first-order valence-electron chi connectivity index (χ1n) is 8.67. The second kappa shape index (κ2) is 7.59. The van der Waals surface area contributed by atoms with Crippen LogP contribution in [-0.2, 0) is 16.4 Å². The highest BCUT2D eigenvalue weighted by Gasteiger charge is 2.33. The van der Waals surface area contributed by atoms with Crippen LogP contribution in [-0.4, -0.2) is 56.2 Å². The summed E-state index contributed by atoms with van der Waals surface area (Å²) in [5.41, 5.74) is 1.12. The van der Waals surface area contributed by atoms with Crippen molar-refractivity contribution >= 4 is 15.8 Å². The molecule has 0 bridgehead atoms. The van der Waals surface area contributed by atoms with E-state index in [1.54, 1.807) is 18.2 Å². The summed E-state index contributed by atoms with van der Waals surface area (Å²) >= 11 is 0. The molecule has 1 unspecified atom stereocenters. The van der Waals surface area contributed by atoms with Crippen molar-refractivity contribution < 1.29 is 13.2 Å². The third-order valence-corrected chi connectivity index (χ3v) is 6.33. The van der Waals surface area contributed by atoms with E-state index in [1.165, 1.54) is 4.31 Å². The van der Waals surface area contributed by atoms with E-state index in [2.05, 4.69) is 10.2 Å². The molecule has 7 nitrogen and oxygen atoms in total. The van der Waals surface area contributed by atoms with Gasteiger partial charge < -0.3 is 9.64 Å². The fraction of sp³-hybridized carbons (Fsp3) is 0.444. The minimum Gasteiger partial charge on any atom is -0.472 e. The molecular formula is C18H24N4O3S. The number of hydrogen-bond donors (Lipinski definition) is 0. The molecule has 140 valence electrons. The van der Waals surface area contributed by atoms with Gasteiger partial charge in [-0.3, -0.25) is 0 Å². The van der Waals surface area contributed by atoms with E-state index in [1.807, 2.05) is 44.1 Å². The minimum atomic E-state index is -3.50. The molecule has 1 aliphatic heterocycles. The summed E-state index contributed by atoms with van der Waals surface area (Å²) in [7, 11) is 0.276. The lowest BCUT2D eigenvalue weighted by Crippen LogP contribution is -2.31. The molecule has 1 fully saturated rings. The molecule has 1 aliphatic rings. The van der Waals surface area contributed by atoms with Gasteiger partial charge in [-0.05, 0) is 36.6 Å². The van der Waals surface area contributed by atoms with Crippen LogP contribution >= 0.6 is 0 Å². The molecule has 0 N–H and O–H groups in total. The van der Waals surface area contributed by atoms with Crippen LogP contribution in [0.1, 0.15) is 18.9 Å². The molecule has 1 aromatic heterocycles. The molecule has 0 spiro atoms. The first-order valence-corrected chi connectivity index (χ1v) is 10.1. The van der Waals surface area contributed by atoms with E-state index in [0.29, 0.717) is 30.3 Å². The van der Waals surface area contributed by atoms with E-state index < -0.39 is 10.0 Å². The summed E-state index contributed by atoms with van der Waals surface area (Å²) in [6, 6.07) is 10.6. The molecule has 2 heterocycles. The first kappa shape index (κ1) is 18.6. The van der Waals surface area contributed by atoms with E-state index in [0.717, 1.165) is 17.8 Å². The maximum atomic E-state index is 12.8. The Labute approximate surface area is 154 Å². The summed E-state index contributed by atoms with van der Waals surface area (Å²) in [4.78, 5) is 2.18. The number of aryl methyl sites for hydroxylation is 1. The Bertz CT molecular complexity index is 836. The lowest BCUT2D eigenvalue weighted by Gasteiger charge is -2.17. The number of ether oxygens (including phenoxy) is 1. The molecule has 1 atom stereocenters. The number of sulfonamides is 1. The Balaban J connectivity index is 1.65. The number of nitrogens with zero attached hydrogens (tertiary/aromatic N) is 4. The van der Waals surface area contributed by atoms with Crippen molar-refractivity contribution in [1.29, 1.82) is 0 Å². The Kier molecular flexibility index (Phi) is 5.43. The molecule has 0 saturated carbocycles. The van der Waals surface area contributed by atoms with Crippen LogP contribution in [0.25, 0.3) is 0 Å². The van der Waals surface area contributed by atoms with Gasteiger partial charge in [-0.2, -0.15) is 4.31 Å². The topological polar surface area (TPSA) is 75.6 Å². The number of anilines is 1. The molecule has 0 aliphatic carbocycles. The first-order chi connectivity index (χ1) is 12.4. The zero-order chi connectivity index (χ0) is 18.7. The average Bonchev–Trinajstić information content (AvgIpc) is 3.11. The smallest absolute Gasteiger partial charge is 0.243 e. The monoisotopic (exact) mass is 376 g/mol. The summed E-state index contributed by atoms with van der Waals surface area (Å²) in [5, 5.41) is 8.12. The SMILES string of the molecule is CCc1ccc(S(=O)(=O)N2CCC(Oc3ccc(N(C)C)nn3)C2)cc1. The second-order valence-corrected chi connectivity index (χ2v) is 8.45. The summed E-state index contributed by atoms with van der Waals surface area (Å²) in [6.07, 6.45) is 1.29. The Morgan fingerprint density at radius 3 is 2.46 bits per heavy atom. The third kappa shape index (κ3) is 3.96. The van der Waals surface area contributed by atoms with Gasteiger partial charge in [0.15, 0.2) is 5.82 Å². The van der Waals surface area contributed by atoms with E-state index in [9.17, 15) is 8.42 Å². The predicted molar refractivity (Wildman–Crippen MR) is 100.0 cm³/mol. The van der Waals surface area contributed by atoms with Crippen molar-refractivity contribution in [1.82, 2.24) is 14.5 Å². The quantitative estimate of drug-likeness (QED) is 0.767. The largest absolute Gasteiger partial charge is 0.472 e. The van der Waals surface area contributed by atoms with Crippen molar-refractivity contribution in [2.45, 2.75) is 30.8 Å². The summed E-state index contributed by atoms with van der Waals surface area (Å²) in [5.74, 6) is 1.15. The molecule has 2 aromatic rings. The Hall–Kier alpha value is -2.19. The van der Waals surface area contributed by atoms with Crippen molar-refractivity contribution in [2.24, 2.45) is 0 Å². The maximum absolute atomic E-state index is 12.8. The van der Waals surface area contributed by atoms with Crippen molar-refractivity contribution in [2.75, 3.05) is 32.1 Å². The van der Waals surface area contributed by atoms with E-state index >= 15 is 0 Å². The molecular weight excluding hydrogens is 352 g/mol. The zero-order valence-corrected chi connectivity index (χ0v) is 16.1. The van der Waals surface area contributed by atoms with Gasteiger partial charge in [0.25, 0.3) is 0 Å². The lowest BCUT2D eigenvalue weighted by atomic mass is 10.2. The average molecular weight is 376 g/mol. The van der Waals surface area contributed by atoms with Crippen LogP contribution in [0.3, 0.4) is 0 Å². The summed E-state index contributed by atoms with van der Waals surface area (Å²) in [6.45, 7) is 2.79. The van der Waals surface area contributed by atoms with Crippen molar-refractivity contribution in [3.63, 3.8) is 0 Å². The Morgan fingerprint density at radius 1 is 1.15 bits per heavy atom. The lowest BCUT2D eigenvalue weighted by molar-refractivity contribution is 0.204. The van der Waals surface area contributed by atoms with Crippen LogP contribution in [0.15, 0.2) is 41.3 Å². The van der Waals surface area contributed by atoms with Gasteiger partial charge in [0.2, 0.25) is 15.9 Å². The van der Waals surface area contributed by atoms with Crippen LogP contribution < -0.4 is 9.64 Å². The highest BCUT2D eigenvalue weighted by atomic mass is 32.2. The normalized spacial score (nSPS) is 18.0. The van der Waals surface area contributed by atoms with Crippen molar-refractivity contribution in [3.8, 4) is 5.88 Å². The van der Waals surface area contributed by atoms with Gasteiger partial charge in [-0.15, -0.1) is 10.2 Å². The molecule has 8 heteroatoms. The number of hydrogen-bond acceptors (Lipinski definition) is 6. The number of rotatable bonds is 6. The molecule has 26 heavy (non-hydrogen) atoms. The minimum absolute atomic E-state index is 0.223. The van der Waals surface area contributed by atoms with Gasteiger partial charge in [-0.1, -0.05) is 19.1 Å². The maximum Gasteiger partial charge on any atom is 0.243 e. The van der Waals surface area contributed by atoms with E-state index in [-0.39, 0.29) is 6.10 Å². The molecule has 0 radical (unpaired) electrons. The number of benzene rings is 1. The van der Waals surface area contributed by atoms with Crippen LogP contribution in [0, 0.1) is 0 Å². The van der Waals surface area contributed by atoms with Gasteiger partial charge in [-0.25, -0.2) is 8.42 Å². The fourth-order valence-corrected chi connectivity index (χ4v) is 4.33. The molecule has 3 rings (SSSR count). The summed E-state index contributed by atoms with van der Waals surface area (Å²) < 4.78 is 32.9. The highest BCUT2D eigenvalue weighted by Crippen LogP contribution is 2.24. The Morgan fingerprint density at radius 2 is 1.88 bits per heavy atom. The fourth-order valence-electron chi connectivity index (χ4n) is 2.84. The van der Waals surface area contributed by atoms with Gasteiger partial charge >= 0.3 is 0 Å². The van der Waals surface area contributed by atoms with Gasteiger partial charge in [0.05, 0.1) is 11.4 Å². The van der Waals surface area contributed by atoms with Gasteiger partial charge in [0, 0.05) is 26.7 Å². The molecule has 1 aromatic carbocycles. The van der Waals surface area contributed by atoms with Crippen LogP contribution in [0.5, 0.6) is 5.88 Å². The molecule has 1 saturated heterocycles.